The van der Waals surface area contributed by atoms with Gasteiger partial charge in [-0.15, -0.1) is 10.2 Å². The van der Waals surface area contributed by atoms with Crippen LogP contribution in [0.5, 0.6) is 0 Å². The third-order valence-corrected chi connectivity index (χ3v) is 7.86. The van der Waals surface area contributed by atoms with E-state index in [1.165, 1.54) is 30.6 Å². The lowest BCUT2D eigenvalue weighted by atomic mass is 9.90. The topological polar surface area (TPSA) is 94.7 Å². The highest BCUT2D eigenvalue weighted by atomic mass is 32.1. The van der Waals surface area contributed by atoms with Gasteiger partial charge in [-0.3, -0.25) is 19.5 Å². The van der Waals surface area contributed by atoms with Gasteiger partial charge in [0, 0.05) is 17.4 Å². The minimum Gasteiger partial charge on any atom is -0.299 e. The molecule has 182 valence electrons. The fraction of sp³-hybridized carbons (Fsp3) is 0.423. The number of fused-ring (bicyclic) bond motifs is 1. The second kappa shape index (κ2) is 9.73. The minimum atomic E-state index is -0.716. The maximum Gasteiger partial charge on any atom is 0.253 e. The molecule has 35 heavy (non-hydrogen) atoms. The normalized spacial score (nSPS) is 15.4. The van der Waals surface area contributed by atoms with Crippen molar-refractivity contribution in [2.45, 2.75) is 71.3 Å². The molecule has 3 aromatic heterocycles. The molecule has 3 heterocycles. The molecule has 1 N–H and O–H groups in total. The molecule has 1 amide bonds. The predicted octanol–water partition coefficient (Wildman–Crippen LogP) is 5.29. The zero-order valence-corrected chi connectivity index (χ0v) is 21.1. The van der Waals surface area contributed by atoms with Crippen molar-refractivity contribution in [1.29, 1.82) is 0 Å². The number of pyridine rings is 1. The number of hydrogen-bond acceptors (Lipinski definition) is 6. The fourth-order valence-electron chi connectivity index (χ4n) is 5.15. The van der Waals surface area contributed by atoms with Gasteiger partial charge in [0.2, 0.25) is 11.0 Å². The van der Waals surface area contributed by atoms with Gasteiger partial charge in [0.25, 0.3) is 5.56 Å². The number of benzene rings is 1. The highest BCUT2D eigenvalue weighted by molar-refractivity contribution is 7.15. The molecule has 1 fully saturated rings. The maximum absolute atomic E-state index is 13.5. The number of rotatable bonds is 6. The van der Waals surface area contributed by atoms with Crippen LogP contribution < -0.4 is 10.9 Å². The van der Waals surface area contributed by atoms with Crippen molar-refractivity contribution in [1.82, 2.24) is 24.5 Å². The van der Waals surface area contributed by atoms with Crippen LogP contribution in [0.15, 0.2) is 41.2 Å². The molecule has 0 aliphatic heterocycles. The van der Waals surface area contributed by atoms with Gasteiger partial charge >= 0.3 is 0 Å². The quantitative estimate of drug-likeness (QED) is 0.396. The third-order valence-electron chi connectivity index (χ3n) is 6.86. The van der Waals surface area contributed by atoms with Crippen molar-refractivity contribution in [2.75, 3.05) is 5.32 Å². The summed E-state index contributed by atoms with van der Waals surface area (Å²) in [6.07, 6.45) is 6.39. The average molecular weight is 491 g/mol. The smallest absolute Gasteiger partial charge is 0.253 e. The Balaban J connectivity index is 1.54. The monoisotopic (exact) mass is 490 g/mol. The summed E-state index contributed by atoms with van der Waals surface area (Å²) < 4.78 is 3.34. The van der Waals surface area contributed by atoms with Crippen LogP contribution in [0, 0.1) is 13.8 Å². The predicted molar refractivity (Wildman–Crippen MR) is 138 cm³/mol. The summed E-state index contributed by atoms with van der Waals surface area (Å²) in [7, 11) is 0. The molecule has 1 aliphatic carbocycles. The molecule has 0 spiro atoms. The molecule has 1 unspecified atom stereocenters. The minimum absolute atomic E-state index is 0.228. The van der Waals surface area contributed by atoms with Crippen LogP contribution in [0.25, 0.3) is 16.7 Å². The Morgan fingerprint density at radius 1 is 1.14 bits per heavy atom. The number of hydrogen-bond donors (Lipinski definition) is 1. The van der Waals surface area contributed by atoms with E-state index < -0.39 is 6.04 Å². The van der Waals surface area contributed by atoms with E-state index in [1.54, 1.807) is 15.3 Å². The van der Waals surface area contributed by atoms with Crippen molar-refractivity contribution in [3.8, 4) is 5.69 Å². The number of carbonyl (C=O) groups excluding carboxylic acids is 1. The molecule has 0 bridgehead atoms. The van der Waals surface area contributed by atoms with Crippen molar-refractivity contribution in [3.05, 3.63) is 63.0 Å². The van der Waals surface area contributed by atoms with Gasteiger partial charge < -0.3 is 0 Å². The van der Waals surface area contributed by atoms with E-state index in [-0.39, 0.29) is 11.5 Å². The van der Waals surface area contributed by atoms with Gasteiger partial charge in [-0.25, -0.2) is 4.68 Å². The van der Waals surface area contributed by atoms with Crippen molar-refractivity contribution in [3.63, 3.8) is 0 Å². The number of anilines is 1. The zero-order valence-electron chi connectivity index (χ0n) is 20.3. The molecule has 9 heteroatoms. The van der Waals surface area contributed by atoms with E-state index in [0.717, 1.165) is 40.2 Å². The first-order valence-electron chi connectivity index (χ1n) is 12.3. The van der Waals surface area contributed by atoms with Gasteiger partial charge in [0.15, 0.2) is 0 Å². The first-order valence-corrected chi connectivity index (χ1v) is 13.1. The average Bonchev–Trinajstić information content (AvgIpc) is 3.47. The first-order chi connectivity index (χ1) is 17.0. The van der Waals surface area contributed by atoms with E-state index in [0.29, 0.717) is 23.1 Å². The molecular formula is C26H30N6O2S. The molecule has 5 rings (SSSR count). The van der Waals surface area contributed by atoms with Crippen LogP contribution in [-0.2, 0) is 4.79 Å². The van der Waals surface area contributed by atoms with Crippen molar-refractivity contribution >= 4 is 33.4 Å². The van der Waals surface area contributed by atoms with E-state index >= 15 is 0 Å². The molecule has 0 saturated heterocycles. The van der Waals surface area contributed by atoms with Crippen LogP contribution in [0.2, 0.25) is 0 Å². The molecule has 0 radical (unpaired) electrons. The summed E-state index contributed by atoms with van der Waals surface area (Å²) in [5.74, 6) is 0.154. The van der Waals surface area contributed by atoms with E-state index in [4.69, 9.17) is 5.10 Å². The second-order valence-electron chi connectivity index (χ2n) is 9.26. The Bertz CT molecular complexity index is 1420. The van der Waals surface area contributed by atoms with E-state index in [9.17, 15) is 9.59 Å². The van der Waals surface area contributed by atoms with Crippen LogP contribution in [0.4, 0.5) is 5.13 Å². The maximum atomic E-state index is 13.5. The summed E-state index contributed by atoms with van der Waals surface area (Å²) in [5, 5.41) is 18.6. The number of nitrogens with zero attached hydrogens (tertiary/aromatic N) is 5. The second-order valence-corrected chi connectivity index (χ2v) is 10.3. The van der Waals surface area contributed by atoms with Crippen LogP contribution in [0.1, 0.15) is 73.7 Å². The Morgan fingerprint density at radius 2 is 1.89 bits per heavy atom. The molecule has 1 aliphatic rings. The van der Waals surface area contributed by atoms with E-state index in [2.05, 4.69) is 15.5 Å². The molecule has 1 atom stereocenters. The summed E-state index contributed by atoms with van der Waals surface area (Å²) >= 11 is 1.45. The molecular weight excluding hydrogens is 460 g/mol. The Kier molecular flexibility index (Phi) is 6.51. The zero-order chi connectivity index (χ0) is 24.5. The number of para-hydroxylation sites is 1. The largest absolute Gasteiger partial charge is 0.299 e. The fourth-order valence-corrected chi connectivity index (χ4v) is 6.07. The molecule has 1 saturated carbocycles. The lowest BCUT2D eigenvalue weighted by Gasteiger charge is -2.20. The highest BCUT2D eigenvalue weighted by Gasteiger charge is 2.27. The van der Waals surface area contributed by atoms with Crippen LogP contribution in [-0.4, -0.2) is 30.5 Å². The number of nitrogens with one attached hydrogen (secondary N) is 1. The molecule has 1 aromatic carbocycles. The summed E-state index contributed by atoms with van der Waals surface area (Å²) in [6.45, 7) is 5.75. The summed E-state index contributed by atoms with van der Waals surface area (Å²) in [4.78, 5) is 26.8. The van der Waals surface area contributed by atoms with Gasteiger partial charge in [0.1, 0.15) is 16.7 Å². The summed E-state index contributed by atoms with van der Waals surface area (Å²) in [5.41, 5.74) is 2.89. The van der Waals surface area contributed by atoms with E-state index in [1.807, 2.05) is 51.1 Å². The number of amides is 1. The van der Waals surface area contributed by atoms with Crippen LogP contribution in [0.3, 0.4) is 0 Å². The summed E-state index contributed by atoms with van der Waals surface area (Å²) in [6, 6.07) is 10.6. The van der Waals surface area contributed by atoms with Gasteiger partial charge in [-0.1, -0.05) is 55.7 Å². The lowest BCUT2D eigenvalue weighted by Crippen LogP contribution is -2.34. The van der Waals surface area contributed by atoms with Crippen LogP contribution >= 0.6 is 11.3 Å². The Morgan fingerprint density at radius 3 is 2.60 bits per heavy atom. The third kappa shape index (κ3) is 4.40. The number of aromatic nitrogens is 5. The molecule has 8 nitrogen and oxygen atoms in total. The number of aryl methyl sites for hydroxylation is 2. The van der Waals surface area contributed by atoms with Crippen molar-refractivity contribution in [2.24, 2.45) is 0 Å². The standard InChI is InChI=1S/C26H30N6O2S/c1-4-20(23(34)27-26-29-28-24(35-26)18-11-7-5-8-12-18)31-21(33)15-16(2)22-17(3)30-32(25(22)31)19-13-9-6-10-14-19/h6,9-10,13-15,18,20H,4-5,7-8,11-12H2,1-3H3,(H,27,29,34). The van der Waals surface area contributed by atoms with Gasteiger partial charge in [0.05, 0.1) is 11.4 Å². The number of carbonyl (C=O) groups is 1. The Labute approximate surface area is 208 Å². The lowest BCUT2D eigenvalue weighted by molar-refractivity contribution is -0.119. The Hall–Kier alpha value is -3.33. The SMILES string of the molecule is CCC(C(=O)Nc1nnc(C2CCCCC2)s1)n1c(=O)cc(C)c2c(C)nn(-c3ccccc3)c21. The van der Waals surface area contributed by atoms with Gasteiger partial charge in [-0.2, -0.15) is 5.10 Å². The van der Waals surface area contributed by atoms with Gasteiger partial charge in [-0.05, 0) is 50.8 Å². The first kappa shape index (κ1) is 23.4. The highest BCUT2D eigenvalue weighted by Crippen LogP contribution is 2.35. The van der Waals surface area contributed by atoms with Crippen molar-refractivity contribution < 1.29 is 4.79 Å². The molecule has 4 aromatic rings.